The predicted molar refractivity (Wildman–Crippen MR) is 68.2 cm³/mol. The number of unbranched alkanes of at least 4 members (excludes halogenated alkanes) is 1. The number of carbonyl (C=O) groups is 1. The minimum Gasteiger partial charge on any atom is -0.507 e. The van der Waals surface area contributed by atoms with Gasteiger partial charge in [0.2, 0.25) is 0 Å². The Bertz CT molecular complexity index is 528. The van der Waals surface area contributed by atoms with Gasteiger partial charge in [0.05, 0.1) is 0 Å². The van der Waals surface area contributed by atoms with Crippen molar-refractivity contribution >= 4 is 16.7 Å². The molecule has 0 aliphatic carbocycles. The Kier molecular flexibility index (Phi) is 3.47. The summed E-state index contributed by atoms with van der Waals surface area (Å²) in [5.74, 6) is 0.567. The zero-order valence-corrected chi connectivity index (χ0v) is 9.99. The highest BCUT2D eigenvalue weighted by Gasteiger charge is 2.07. The van der Waals surface area contributed by atoms with E-state index in [1.807, 2.05) is 18.3 Å². The van der Waals surface area contributed by atoms with Gasteiger partial charge >= 0.3 is 0 Å². The van der Waals surface area contributed by atoms with Crippen LogP contribution in [0.4, 0.5) is 0 Å². The van der Waals surface area contributed by atoms with Crippen LogP contribution in [0.3, 0.4) is 0 Å². The number of Topliss-reactive ketones (excluding diaryl/α,β-unsaturated/α-hetero) is 1. The summed E-state index contributed by atoms with van der Waals surface area (Å²) in [7, 11) is 0. The van der Waals surface area contributed by atoms with E-state index >= 15 is 0 Å². The minimum atomic E-state index is 0.242. The molecule has 0 radical (unpaired) electrons. The highest BCUT2D eigenvalue weighted by Crippen LogP contribution is 2.28. The molecule has 2 aromatic rings. The number of fused-ring (bicyclic) bond motifs is 1. The van der Waals surface area contributed by atoms with Crippen LogP contribution in [0.15, 0.2) is 24.4 Å². The Balaban J connectivity index is 2.06. The molecular weight excluding hydrogens is 214 g/mol. The monoisotopic (exact) mass is 231 g/mol. The van der Waals surface area contributed by atoms with Gasteiger partial charge in [-0.05, 0) is 43.9 Å². The summed E-state index contributed by atoms with van der Waals surface area (Å²) in [4.78, 5) is 14.0. The summed E-state index contributed by atoms with van der Waals surface area (Å²) in [5, 5.41) is 10.7. The Hall–Kier alpha value is -1.77. The molecule has 2 N–H and O–H groups in total. The number of hydrogen-bond donors (Lipinski definition) is 2. The van der Waals surface area contributed by atoms with Crippen molar-refractivity contribution in [2.75, 3.05) is 0 Å². The Morgan fingerprint density at radius 2 is 2.18 bits per heavy atom. The van der Waals surface area contributed by atoms with Crippen LogP contribution < -0.4 is 0 Å². The highest BCUT2D eigenvalue weighted by atomic mass is 16.3. The van der Waals surface area contributed by atoms with Crippen molar-refractivity contribution < 1.29 is 9.90 Å². The fraction of sp³-hybridized carbons (Fsp3) is 0.357. The molecule has 0 atom stereocenters. The maximum atomic E-state index is 10.8. The molecule has 0 amide bonds. The molecule has 0 aliphatic rings. The van der Waals surface area contributed by atoms with E-state index < -0.39 is 0 Å². The first-order valence-corrected chi connectivity index (χ1v) is 5.96. The number of aromatic hydroxyl groups is 1. The molecule has 0 bridgehead atoms. The van der Waals surface area contributed by atoms with Crippen LogP contribution in [-0.4, -0.2) is 15.9 Å². The largest absolute Gasteiger partial charge is 0.507 e. The second-order valence-corrected chi connectivity index (χ2v) is 4.42. The van der Waals surface area contributed by atoms with E-state index in [1.54, 1.807) is 13.0 Å². The lowest BCUT2D eigenvalue weighted by Gasteiger charge is -2.01. The number of aromatic nitrogens is 1. The molecule has 2 rings (SSSR count). The first-order valence-electron chi connectivity index (χ1n) is 5.96. The molecular formula is C14H17NO2. The van der Waals surface area contributed by atoms with E-state index in [0.717, 1.165) is 35.7 Å². The van der Waals surface area contributed by atoms with Gasteiger partial charge in [-0.25, -0.2) is 0 Å². The van der Waals surface area contributed by atoms with Crippen LogP contribution >= 0.6 is 0 Å². The summed E-state index contributed by atoms with van der Waals surface area (Å²) in [6.07, 6.45) is 5.37. The number of nitrogens with one attached hydrogen (secondary N) is 1. The van der Waals surface area contributed by atoms with Gasteiger partial charge in [0.1, 0.15) is 11.5 Å². The number of hydrogen-bond acceptors (Lipinski definition) is 2. The highest BCUT2D eigenvalue weighted by molar-refractivity contribution is 5.88. The van der Waals surface area contributed by atoms with E-state index in [2.05, 4.69) is 4.98 Å². The quantitative estimate of drug-likeness (QED) is 0.776. The van der Waals surface area contributed by atoms with Gasteiger partial charge in [-0.3, -0.25) is 0 Å². The number of aryl methyl sites for hydroxylation is 1. The number of carbonyl (C=O) groups excluding carboxylic acids is 1. The number of phenolic OH excluding ortho intramolecular Hbond substituents is 1. The molecule has 1 aromatic carbocycles. The van der Waals surface area contributed by atoms with E-state index in [9.17, 15) is 9.90 Å². The normalized spacial score (nSPS) is 10.9. The van der Waals surface area contributed by atoms with Crippen molar-refractivity contribution in [3.05, 3.63) is 30.0 Å². The van der Waals surface area contributed by atoms with Crippen molar-refractivity contribution in [3.8, 4) is 5.75 Å². The molecule has 0 saturated heterocycles. The summed E-state index contributed by atoms with van der Waals surface area (Å²) in [6, 6.07) is 5.48. The fourth-order valence-electron chi connectivity index (χ4n) is 2.12. The third-order valence-corrected chi connectivity index (χ3v) is 2.99. The minimum absolute atomic E-state index is 0.242. The summed E-state index contributed by atoms with van der Waals surface area (Å²) in [5.41, 5.74) is 2.09. The van der Waals surface area contributed by atoms with E-state index in [4.69, 9.17) is 0 Å². The van der Waals surface area contributed by atoms with E-state index in [-0.39, 0.29) is 5.78 Å². The lowest BCUT2D eigenvalue weighted by molar-refractivity contribution is -0.117. The van der Waals surface area contributed by atoms with E-state index in [0.29, 0.717) is 12.2 Å². The molecule has 0 saturated carbocycles. The van der Waals surface area contributed by atoms with Crippen LogP contribution in [0.2, 0.25) is 0 Å². The number of benzene rings is 1. The van der Waals surface area contributed by atoms with Crippen molar-refractivity contribution in [2.24, 2.45) is 0 Å². The molecule has 0 unspecified atom stereocenters. The van der Waals surface area contributed by atoms with Crippen molar-refractivity contribution in [1.82, 2.24) is 4.98 Å². The standard InChI is InChI=1S/C14H17NO2/c1-10(16)5-2-3-6-11-9-15-12-7-4-8-13(17)14(11)12/h4,7-9,15,17H,2-3,5-6H2,1H3. The maximum absolute atomic E-state index is 10.8. The average Bonchev–Trinajstić information content (AvgIpc) is 2.69. The molecule has 0 spiro atoms. The van der Waals surface area contributed by atoms with Gasteiger partial charge in [-0.1, -0.05) is 6.07 Å². The van der Waals surface area contributed by atoms with Crippen LogP contribution in [0.25, 0.3) is 10.9 Å². The third-order valence-electron chi connectivity index (χ3n) is 2.99. The van der Waals surface area contributed by atoms with Crippen LogP contribution in [0.5, 0.6) is 5.75 Å². The topological polar surface area (TPSA) is 53.1 Å². The third kappa shape index (κ3) is 2.67. The Morgan fingerprint density at radius 3 is 2.94 bits per heavy atom. The van der Waals surface area contributed by atoms with Crippen LogP contribution in [-0.2, 0) is 11.2 Å². The van der Waals surface area contributed by atoms with Crippen LogP contribution in [0, 0.1) is 0 Å². The summed E-state index contributed by atoms with van der Waals surface area (Å²) >= 11 is 0. The average molecular weight is 231 g/mol. The van der Waals surface area contributed by atoms with Crippen LogP contribution in [0.1, 0.15) is 31.7 Å². The lowest BCUT2D eigenvalue weighted by atomic mass is 10.0. The second kappa shape index (κ2) is 5.04. The van der Waals surface area contributed by atoms with Gasteiger partial charge in [-0.2, -0.15) is 0 Å². The lowest BCUT2D eigenvalue weighted by Crippen LogP contribution is -1.91. The summed E-state index contributed by atoms with van der Waals surface area (Å²) < 4.78 is 0. The van der Waals surface area contributed by atoms with Gasteiger partial charge in [0, 0.05) is 23.5 Å². The van der Waals surface area contributed by atoms with Crippen molar-refractivity contribution in [1.29, 1.82) is 0 Å². The Labute approximate surface area is 100 Å². The van der Waals surface area contributed by atoms with Gasteiger partial charge in [-0.15, -0.1) is 0 Å². The number of ketones is 1. The second-order valence-electron chi connectivity index (χ2n) is 4.42. The maximum Gasteiger partial charge on any atom is 0.129 e. The fourth-order valence-corrected chi connectivity index (χ4v) is 2.12. The van der Waals surface area contributed by atoms with Gasteiger partial charge < -0.3 is 14.9 Å². The molecule has 3 heteroatoms. The molecule has 0 fully saturated rings. The van der Waals surface area contributed by atoms with E-state index in [1.165, 1.54) is 0 Å². The predicted octanol–water partition coefficient (Wildman–Crippen LogP) is 3.18. The molecule has 0 aliphatic heterocycles. The summed E-state index contributed by atoms with van der Waals surface area (Å²) in [6.45, 7) is 1.62. The smallest absolute Gasteiger partial charge is 0.129 e. The van der Waals surface area contributed by atoms with Crippen molar-refractivity contribution in [2.45, 2.75) is 32.6 Å². The van der Waals surface area contributed by atoms with Gasteiger partial charge in [0.15, 0.2) is 0 Å². The number of phenols is 1. The Morgan fingerprint density at radius 1 is 1.35 bits per heavy atom. The zero-order chi connectivity index (χ0) is 12.3. The SMILES string of the molecule is CC(=O)CCCCc1c[nH]c2cccc(O)c12. The van der Waals surface area contributed by atoms with Gasteiger partial charge in [0.25, 0.3) is 0 Å². The number of rotatable bonds is 5. The first-order chi connectivity index (χ1) is 8.18. The molecule has 1 heterocycles. The molecule has 90 valence electrons. The van der Waals surface area contributed by atoms with Crippen molar-refractivity contribution in [3.63, 3.8) is 0 Å². The number of aromatic amines is 1. The molecule has 3 nitrogen and oxygen atoms in total. The first kappa shape index (κ1) is 11.7. The number of H-pyrrole nitrogens is 1. The molecule has 1 aromatic heterocycles. The zero-order valence-electron chi connectivity index (χ0n) is 9.99. The molecule has 17 heavy (non-hydrogen) atoms.